The predicted molar refractivity (Wildman–Crippen MR) is 110 cm³/mol. The Labute approximate surface area is 177 Å². The number of aromatic nitrogens is 4. The zero-order valence-electron chi connectivity index (χ0n) is 15.5. The molecule has 0 spiro atoms. The molecule has 11 heteroatoms. The van der Waals surface area contributed by atoms with Crippen LogP contribution in [0, 0.1) is 11.7 Å². The molecule has 1 saturated carbocycles. The minimum absolute atomic E-state index is 0.00820. The number of nitrogens with zero attached hydrogens (tertiary/aromatic N) is 3. The number of thiazole rings is 1. The normalized spacial score (nSPS) is 18.1. The summed E-state index contributed by atoms with van der Waals surface area (Å²) in [5.41, 5.74) is 1.74. The molecule has 2 unspecified atom stereocenters. The second-order valence-electron chi connectivity index (χ2n) is 6.81. The predicted octanol–water partition coefficient (Wildman–Crippen LogP) is 4.72. The van der Waals surface area contributed by atoms with E-state index in [1.807, 2.05) is 0 Å². The largest absolute Gasteiger partial charge is 0.489 e. The third kappa shape index (κ3) is 3.07. The molecule has 1 aliphatic rings. The van der Waals surface area contributed by atoms with Gasteiger partial charge in [0.25, 0.3) is 0 Å². The molecule has 7 nitrogen and oxygen atoms in total. The topological polar surface area (TPSA) is 92.8 Å². The maximum Gasteiger partial charge on any atom is 0.232 e. The van der Waals surface area contributed by atoms with Crippen molar-refractivity contribution in [1.29, 1.82) is 0 Å². The van der Waals surface area contributed by atoms with Crippen molar-refractivity contribution in [3.05, 3.63) is 29.2 Å². The minimum Gasteiger partial charge on any atom is -0.489 e. The van der Waals surface area contributed by atoms with Crippen molar-refractivity contribution in [2.75, 3.05) is 11.9 Å². The molecule has 0 radical (unpaired) electrons. The number of pyridine rings is 1. The number of alkyl halides is 1. The smallest absolute Gasteiger partial charge is 0.232 e. The molecule has 1 aromatic carbocycles. The molecule has 154 valence electrons. The summed E-state index contributed by atoms with van der Waals surface area (Å²) in [6.07, 6.45) is 0.686. The van der Waals surface area contributed by atoms with Gasteiger partial charge in [-0.1, -0.05) is 22.9 Å². The number of aromatic amines is 1. The summed E-state index contributed by atoms with van der Waals surface area (Å²) in [7, 11) is 0. The number of hydrogen-bond donors (Lipinski definition) is 2. The van der Waals surface area contributed by atoms with E-state index in [-0.39, 0.29) is 23.8 Å². The van der Waals surface area contributed by atoms with Crippen molar-refractivity contribution in [2.24, 2.45) is 5.92 Å². The highest BCUT2D eigenvalue weighted by atomic mass is 35.5. The van der Waals surface area contributed by atoms with Gasteiger partial charge in [0.15, 0.2) is 16.7 Å². The average Bonchev–Trinajstić information content (AvgIpc) is 3.11. The molecule has 1 aliphatic carbocycles. The monoisotopic (exact) mass is 449 g/mol. The number of H-pyrrole nitrogens is 1. The molecule has 3 heterocycles. The molecule has 0 saturated heterocycles. The number of carbonyl (C=O) groups excluding carboxylic acids is 1. The van der Waals surface area contributed by atoms with Crippen LogP contribution >= 0.6 is 22.9 Å². The number of rotatable bonds is 5. The Morgan fingerprint density at radius 3 is 2.97 bits per heavy atom. The Morgan fingerprint density at radius 1 is 1.43 bits per heavy atom. The third-order valence-corrected chi connectivity index (χ3v) is 6.06. The lowest BCUT2D eigenvalue weighted by Crippen LogP contribution is -2.14. The molecule has 3 aromatic heterocycles. The third-order valence-electron chi connectivity index (χ3n) is 4.83. The van der Waals surface area contributed by atoms with Crippen LogP contribution in [0.3, 0.4) is 0 Å². The number of halogens is 3. The van der Waals surface area contributed by atoms with E-state index in [0.717, 1.165) is 11.3 Å². The maximum absolute atomic E-state index is 14.9. The van der Waals surface area contributed by atoms with Gasteiger partial charge in [0, 0.05) is 10.9 Å². The van der Waals surface area contributed by atoms with Gasteiger partial charge in [0.05, 0.1) is 29.4 Å². The van der Waals surface area contributed by atoms with E-state index in [1.54, 1.807) is 19.1 Å². The van der Waals surface area contributed by atoms with Gasteiger partial charge in [-0.2, -0.15) is 5.10 Å². The fourth-order valence-electron chi connectivity index (χ4n) is 3.26. The summed E-state index contributed by atoms with van der Waals surface area (Å²) in [5, 5.41) is 10.1. The first kappa shape index (κ1) is 19.1. The highest BCUT2D eigenvalue weighted by Gasteiger charge is 2.43. The van der Waals surface area contributed by atoms with E-state index < -0.39 is 23.8 Å². The lowest BCUT2D eigenvalue weighted by Gasteiger charge is -2.12. The van der Waals surface area contributed by atoms with E-state index >= 15 is 0 Å². The Morgan fingerprint density at radius 2 is 2.23 bits per heavy atom. The van der Waals surface area contributed by atoms with Gasteiger partial charge >= 0.3 is 0 Å². The minimum atomic E-state index is -1.09. The van der Waals surface area contributed by atoms with Gasteiger partial charge in [-0.3, -0.25) is 9.89 Å². The molecule has 5 rings (SSSR count). The molecule has 2 N–H and O–H groups in total. The maximum atomic E-state index is 14.9. The van der Waals surface area contributed by atoms with E-state index in [9.17, 15) is 13.6 Å². The second-order valence-corrected chi connectivity index (χ2v) is 8.17. The van der Waals surface area contributed by atoms with Crippen LogP contribution < -0.4 is 10.1 Å². The number of nitrogens with one attached hydrogen (secondary N) is 2. The van der Waals surface area contributed by atoms with Crippen LogP contribution in [0.25, 0.3) is 32.5 Å². The van der Waals surface area contributed by atoms with Crippen LogP contribution in [0.2, 0.25) is 5.02 Å². The van der Waals surface area contributed by atoms with Crippen LogP contribution in [-0.4, -0.2) is 38.9 Å². The van der Waals surface area contributed by atoms with E-state index in [1.165, 1.54) is 6.20 Å². The van der Waals surface area contributed by atoms with E-state index in [2.05, 4.69) is 25.5 Å². The van der Waals surface area contributed by atoms with Crippen molar-refractivity contribution in [1.82, 2.24) is 20.2 Å². The van der Waals surface area contributed by atoms with Gasteiger partial charge in [-0.05, 0) is 25.5 Å². The summed E-state index contributed by atoms with van der Waals surface area (Å²) in [5.74, 6) is -1.69. The molecular weight excluding hydrogens is 436 g/mol. The lowest BCUT2D eigenvalue weighted by molar-refractivity contribution is -0.117. The molecule has 30 heavy (non-hydrogen) atoms. The summed E-state index contributed by atoms with van der Waals surface area (Å²) >= 11 is 7.49. The SMILES string of the molecule is CCOc1c(F)c(Cl)c(-c2ccc3nc(NC(=O)C4CC4F)sc3n2)c2cn[nH]c12. The van der Waals surface area contributed by atoms with Crippen LogP contribution in [0.4, 0.5) is 13.9 Å². The van der Waals surface area contributed by atoms with Crippen LogP contribution in [0.1, 0.15) is 13.3 Å². The standard InChI is InChI=1S/C19H14ClF2N5O2S/c1-2-29-16-14(22)13(20)12(8-6-23-27-15(8)16)10-3-4-11-18(24-10)30-19(25-11)26-17(28)7-5-9(7)21/h3-4,6-7,9H,2,5H2,1H3,(H,23,27)(H,25,26,28). The Balaban J connectivity index is 1.57. The van der Waals surface area contributed by atoms with Crippen molar-refractivity contribution in [2.45, 2.75) is 19.5 Å². The number of ether oxygens (including phenoxy) is 1. The zero-order chi connectivity index (χ0) is 21.0. The van der Waals surface area contributed by atoms with Crippen LogP contribution in [0.5, 0.6) is 5.75 Å². The summed E-state index contributed by atoms with van der Waals surface area (Å²) in [6.45, 7) is 2.01. The molecule has 1 amide bonds. The van der Waals surface area contributed by atoms with Gasteiger partial charge < -0.3 is 10.1 Å². The van der Waals surface area contributed by atoms with Gasteiger partial charge in [0.1, 0.15) is 22.0 Å². The number of amides is 1. The number of hydrogen-bond acceptors (Lipinski definition) is 6. The first-order valence-corrected chi connectivity index (χ1v) is 10.4. The highest BCUT2D eigenvalue weighted by Crippen LogP contribution is 2.42. The summed E-state index contributed by atoms with van der Waals surface area (Å²) < 4.78 is 33.4. The second kappa shape index (κ2) is 7.13. The van der Waals surface area contributed by atoms with Crippen LogP contribution in [0.15, 0.2) is 18.3 Å². The Kier molecular flexibility index (Phi) is 4.55. The fraction of sp³-hybridized carbons (Fsp3) is 0.263. The van der Waals surface area contributed by atoms with Crippen molar-refractivity contribution in [3.8, 4) is 17.0 Å². The van der Waals surface area contributed by atoms with Gasteiger partial charge in [-0.25, -0.2) is 18.7 Å². The van der Waals surface area contributed by atoms with Crippen molar-refractivity contribution >= 4 is 55.2 Å². The van der Waals surface area contributed by atoms with E-state index in [0.29, 0.717) is 37.6 Å². The van der Waals surface area contributed by atoms with Gasteiger partial charge in [-0.15, -0.1) is 0 Å². The van der Waals surface area contributed by atoms with Gasteiger partial charge in [0.2, 0.25) is 5.91 Å². The molecule has 0 aliphatic heterocycles. The van der Waals surface area contributed by atoms with Crippen molar-refractivity contribution in [3.63, 3.8) is 0 Å². The lowest BCUT2D eigenvalue weighted by atomic mass is 10.1. The first-order valence-electron chi connectivity index (χ1n) is 9.17. The van der Waals surface area contributed by atoms with Crippen LogP contribution in [-0.2, 0) is 4.79 Å². The first-order chi connectivity index (χ1) is 14.5. The quantitative estimate of drug-likeness (QED) is 0.459. The summed E-state index contributed by atoms with van der Waals surface area (Å²) in [6, 6.07) is 3.37. The number of anilines is 1. The van der Waals surface area contributed by atoms with Crippen molar-refractivity contribution < 1.29 is 18.3 Å². The number of carbonyl (C=O) groups is 1. The molecule has 1 fully saturated rings. The highest BCUT2D eigenvalue weighted by molar-refractivity contribution is 7.22. The molecule has 2 atom stereocenters. The summed E-state index contributed by atoms with van der Waals surface area (Å²) in [4.78, 5) is 21.3. The molecule has 4 aromatic rings. The Hall–Kier alpha value is -2.85. The molecule has 0 bridgehead atoms. The molecular formula is C19H14ClF2N5O2S. The fourth-order valence-corrected chi connectivity index (χ4v) is 4.39. The zero-order valence-corrected chi connectivity index (χ0v) is 17.1. The Bertz CT molecular complexity index is 1310. The average molecular weight is 450 g/mol. The van der Waals surface area contributed by atoms with E-state index in [4.69, 9.17) is 16.3 Å². The number of benzene rings is 1. The number of fused-ring (bicyclic) bond motifs is 2.